The lowest BCUT2D eigenvalue weighted by molar-refractivity contribution is -0.171. The number of nitrogens with zero attached hydrogens (tertiary/aromatic N) is 4. The van der Waals surface area contributed by atoms with Crippen LogP contribution < -0.4 is 0 Å². The zero-order valence-corrected chi connectivity index (χ0v) is 15.1. The molecular weight excluding hydrogens is 360 g/mol. The van der Waals surface area contributed by atoms with Crippen molar-refractivity contribution >= 4 is 21.9 Å². The first kappa shape index (κ1) is 15.5. The van der Waals surface area contributed by atoms with Gasteiger partial charge in [-0.25, -0.2) is 4.68 Å². The van der Waals surface area contributed by atoms with Gasteiger partial charge in [-0.15, -0.1) is 5.10 Å². The second-order valence-corrected chi connectivity index (χ2v) is 9.47. The minimum atomic E-state index is -0.281. The summed E-state index contributed by atoms with van der Waals surface area (Å²) in [6, 6.07) is 0. The van der Waals surface area contributed by atoms with Gasteiger partial charge in [0.1, 0.15) is 0 Å². The number of hydrogen-bond acceptors (Lipinski definition) is 5. The van der Waals surface area contributed by atoms with Gasteiger partial charge >= 0.3 is 5.97 Å². The van der Waals surface area contributed by atoms with E-state index in [1.165, 1.54) is 19.3 Å². The van der Waals surface area contributed by atoms with E-state index in [-0.39, 0.29) is 22.3 Å². The van der Waals surface area contributed by atoms with Gasteiger partial charge in [0.15, 0.2) is 12.4 Å². The Bertz CT molecular complexity index is 603. The lowest BCUT2D eigenvalue weighted by atomic mass is 9.49. The molecule has 1 heterocycles. The Morgan fingerprint density at radius 1 is 1.35 bits per heavy atom. The molecule has 4 fully saturated rings. The molecule has 5 rings (SSSR count). The summed E-state index contributed by atoms with van der Waals surface area (Å²) in [5.41, 5.74) is -0.281. The zero-order chi connectivity index (χ0) is 16.1. The van der Waals surface area contributed by atoms with Gasteiger partial charge in [-0.1, -0.05) is 22.9 Å². The Morgan fingerprint density at radius 2 is 2.09 bits per heavy atom. The number of halogens is 1. The van der Waals surface area contributed by atoms with Crippen molar-refractivity contribution in [1.82, 2.24) is 20.2 Å². The lowest BCUT2D eigenvalue weighted by Crippen LogP contribution is -2.56. The molecule has 4 bridgehead atoms. The van der Waals surface area contributed by atoms with E-state index in [1.807, 2.05) is 0 Å². The molecule has 0 radical (unpaired) electrons. The van der Waals surface area contributed by atoms with Gasteiger partial charge in [0.25, 0.3) is 0 Å². The number of tetrazole rings is 1. The predicted molar refractivity (Wildman–Crippen MR) is 86.7 cm³/mol. The molecule has 0 amide bonds. The average molecular weight is 383 g/mol. The maximum absolute atomic E-state index is 12.9. The highest BCUT2D eigenvalue weighted by Gasteiger charge is 2.60. The van der Waals surface area contributed by atoms with E-state index in [0.717, 1.165) is 32.2 Å². The van der Waals surface area contributed by atoms with Crippen LogP contribution in [0.1, 0.15) is 57.7 Å². The van der Waals surface area contributed by atoms with Crippen molar-refractivity contribution in [2.45, 2.75) is 69.3 Å². The number of ether oxygens (including phenoxy) is 1. The van der Waals surface area contributed by atoms with Crippen LogP contribution in [0.3, 0.4) is 0 Å². The molecule has 23 heavy (non-hydrogen) atoms. The highest BCUT2D eigenvalue weighted by atomic mass is 79.9. The standard InChI is InChI=1S/C16H23BrN4O2/c1-2-3-21-13(18-19-20-21)9-23-14(22)15-5-11-4-12(6-15)8-16(17,7-11)10-15/h11-12H,2-10H2,1H3/t11-,12+,15?,16?. The molecular formula is C16H23BrN4O2. The Labute approximate surface area is 144 Å². The summed E-state index contributed by atoms with van der Waals surface area (Å²) in [7, 11) is 0. The predicted octanol–water partition coefficient (Wildman–Crippen LogP) is 2.86. The molecule has 4 atom stereocenters. The molecule has 2 unspecified atom stereocenters. The highest BCUT2D eigenvalue weighted by molar-refractivity contribution is 9.10. The smallest absolute Gasteiger partial charge is 0.312 e. The molecule has 0 saturated heterocycles. The summed E-state index contributed by atoms with van der Waals surface area (Å²) in [4.78, 5) is 12.9. The summed E-state index contributed by atoms with van der Waals surface area (Å²) < 4.78 is 7.57. The second-order valence-electron chi connectivity index (χ2n) is 7.79. The number of alkyl halides is 1. The van der Waals surface area contributed by atoms with Crippen LogP contribution in [0, 0.1) is 17.3 Å². The van der Waals surface area contributed by atoms with E-state index in [0.29, 0.717) is 17.7 Å². The van der Waals surface area contributed by atoms with Gasteiger partial charge in [0.2, 0.25) is 0 Å². The quantitative estimate of drug-likeness (QED) is 0.578. The Morgan fingerprint density at radius 3 is 2.74 bits per heavy atom. The minimum Gasteiger partial charge on any atom is -0.457 e. The number of hydrogen-bond donors (Lipinski definition) is 0. The van der Waals surface area contributed by atoms with E-state index in [9.17, 15) is 4.79 Å². The van der Waals surface area contributed by atoms with Crippen molar-refractivity contribution in [1.29, 1.82) is 0 Å². The molecule has 0 aromatic carbocycles. The Kier molecular flexibility index (Phi) is 3.74. The SMILES string of the molecule is CCCn1nnnc1COC(=O)C12C[C@@H]3C[C@@H](CC(Br)(C3)C1)C2. The maximum Gasteiger partial charge on any atom is 0.312 e. The summed E-state index contributed by atoms with van der Waals surface area (Å²) in [5.74, 6) is 1.95. The molecule has 0 N–H and O–H groups in total. The van der Waals surface area contributed by atoms with Crippen molar-refractivity contribution in [2.24, 2.45) is 17.3 Å². The van der Waals surface area contributed by atoms with Crippen LogP contribution >= 0.6 is 15.9 Å². The number of rotatable bonds is 5. The van der Waals surface area contributed by atoms with Crippen LogP contribution in [0.4, 0.5) is 0 Å². The van der Waals surface area contributed by atoms with Crippen molar-refractivity contribution < 1.29 is 9.53 Å². The third kappa shape index (κ3) is 2.71. The number of aromatic nitrogens is 4. The molecule has 0 spiro atoms. The van der Waals surface area contributed by atoms with Gasteiger partial charge < -0.3 is 4.74 Å². The first-order chi connectivity index (χ1) is 11.0. The van der Waals surface area contributed by atoms with E-state index in [1.54, 1.807) is 4.68 Å². The van der Waals surface area contributed by atoms with Crippen molar-refractivity contribution in [3.63, 3.8) is 0 Å². The molecule has 4 aliphatic carbocycles. The normalized spacial score (nSPS) is 38.0. The van der Waals surface area contributed by atoms with E-state index < -0.39 is 0 Å². The molecule has 7 heteroatoms. The van der Waals surface area contributed by atoms with Gasteiger partial charge in [-0.3, -0.25) is 4.79 Å². The van der Waals surface area contributed by atoms with Crippen molar-refractivity contribution in [3.8, 4) is 0 Å². The van der Waals surface area contributed by atoms with E-state index in [2.05, 4.69) is 38.4 Å². The summed E-state index contributed by atoms with van der Waals surface area (Å²) >= 11 is 3.94. The summed E-state index contributed by atoms with van der Waals surface area (Å²) in [5, 5.41) is 11.6. The molecule has 0 aliphatic heterocycles. The van der Waals surface area contributed by atoms with Gasteiger partial charge in [0, 0.05) is 10.9 Å². The van der Waals surface area contributed by atoms with Crippen LogP contribution in [-0.2, 0) is 22.7 Å². The monoisotopic (exact) mass is 382 g/mol. The molecule has 1 aromatic rings. The van der Waals surface area contributed by atoms with Crippen molar-refractivity contribution in [3.05, 3.63) is 5.82 Å². The Hall–Kier alpha value is -0.980. The fourth-order valence-electron chi connectivity index (χ4n) is 5.38. The third-order valence-electron chi connectivity index (χ3n) is 5.80. The van der Waals surface area contributed by atoms with Gasteiger partial charge in [-0.2, -0.15) is 0 Å². The van der Waals surface area contributed by atoms with Crippen LogP contribution in [0.2, 0.25) is 0 Å². The Balaban J connectivity index is 1.46. The number of aryl methyl sites for hydroxylation is 1. The van der Waals surface area contributed by atoms with Gasteiger partial charge in [-0.05, 0) is 67.2 Å². The van der Waals surface area contributed by atoms with Crippen molar-refractivity contribution in [2.75, 3.05) is 0 Å². The molecule has 6 nitrogen and oxygen atoms in total. The highest BCUT2D eigenvalue weighted by Crippen LogP contribution is 2.64. The number of carbonyl (C=O) groups excluding carboxylic acids is 1. The lowest BCUT2D eigenvalue weighted by Gasteiger charge is -2.58. The topological polar surface area (TPSA) is 69.9 Å². The molecule has 1 aromatic heterocycles. The zero-order valence-electron chi connectivity index (χ0n) is 13.5. The van der Waals surface area contributed by atoms with Crippen LogP contribution in [0.5, 0.6) is 0 Å². The molecule has 126 valence electrons. The number of carbonyl (C=O) groups is 1. The maximum atomic E-state index is 12.9. The first-order valence-electron chi connectivity index (χ1n) is 8.63. The second kappa shape index (κ2) is 5.53. The fourth-order valence-corrected chi connectivity index (χ4v) is 6.84. The van der Waals surface area contributed by atoms with E-state index >= 15 is 0 Å². The average Bonchev–Trinajstić information content (AvgIpc) is 2.90. The van der Waals surface area contributed by atoms with Gasteiger partial charge in [0.05, 0.1) is 5.41 Å². The van der Waals surface area contributed by atoms with Crippen LogP contribution in [-0.4, -0.2) is 30.5 Å². The third-order valence-corrected chi connectivity index (χ3v) is 6.72. The summed E-state index contributed by atoms with van der Waals surface area (Å²) in [6.07, 6.45) is 7.58. The molecule has 4 aliphatic rings. The minimum absolute atomic E-state index is 0.0403. The fraction of sp³-hybridized carbons (Fsp3) is 0.875. The number of esters is 1. The molecule has 4 saturated carbocycles. The first-order valence-corrected chi connectivity index (χ1v) is 9.42. The van der Waals surface area contributed by atoms with E-state index in [4.69, 9.17) is 4.74 Å². The summed E-state index contributed by atoms with van der Waals surface area (Å²) in [6.45, 7) is 3.00. The largest absolute Gasteiger partial charge is 0.457 e. The van der Waals surface area contributed by atoms with Crippen LogP contribution in [0.15, 0.2) is 0 Å². The van der Waals surface area contributed by atoms with Crippen LogP contribution in [0.25, 0.3) is 0 Å².